The second-order valence-electron chi connectivity index (χ2n) is 22.5. The fourth-order valence-corrected chi connectivity index (χ4v) is 10.0. The first-order chi connectivity index (χ1) is 35.4. The quantitative estimate of drug-likeness (QED) is 0.0240. The Labute approximate surface area is 452 Å². The number of likely N-dealkylation sites (N-methyl/N-ethyl adjacent to an activating group) is 1. The first-order valence-corrected chi connectivity index (χ1v) is 32.5. The van der Waals surface area contributed by atoms with Crippen molar-refractivity contribution >= 4 is 13.7 Å². The molecule has 0 fully saturated rings. The molecule has 0 aliphatic carbocycles. The predicted octanol–water partition coefficient (Wildman–Crippen LogP) is 17.4. The van der Waals surface area contributed by atoms with E-state index < -0.39 is 32.7 Å². The van der Waals surface area contributed by atoms with Gasteiger partial charge in [-0.05, 0) is 84.0 Å². The third-order valence-corrected chi connectivity index (χ3v) is 15.1. The maximum atomic E-state index is 13.0. The molecule has 0 aliphatic rings. The number of carbonyl (C=O) groups is 1. The van der Waals surface area contributed by atoms with Crippen molar-refractivity contribution < 1.29 is 38.0 Å². The number of aliphatic hydroxyl groups excluding tert-OH is 2. The van der Waals surface area contributed by atoms with Crippen molar-refractivity contribution in [3.63, 3.8) is 0 Å². The number of phosphoric acid groups is 1. The number of allylic oxidation sites excluding steroid dienone is 8. The number of rotatable bonds is 57. The summed E-state index contributed by atoms with van der Waals surface area (Å²) in [5, 5.41) is 24.7. The normalized spacial score (nSPS) is 14.6. The Hall–Kier alpha value is -1.58. The average molecular weight is 1050 g/mol. The lowest BCUT2D eigenvalue weighted by Gasteiger charge is -2.31. The summed E-state index contributed by atoms with van der Waals surface area (Å²) in [6.07, 6.45) is 68.1. The molecule has 0 rings (SSSR count). The summed E-state index contributed by atoms with van der Waals surface area (Å²) in [5.74, 6) is -0.291. The molecule has 0 aromatic rings. The number of aliphatic hydroxyl groups is 2. The van der Waals surface area contributed by atoms with Gasteiger partial charge in [0.15, 0.2) is 0 Å². The van der Waals surface area contributed by atoms with E-state index in [2.05, 4.69) is 60.8 Å². The molecule has 0 saturated heterocycles. The molecule has 0 aliphatic heterocycles. The number of unbranched alkanes of at least 4 members (excludes halogenated alkanes) is 36. The van der Waals surface area contributed by atoms with Crippen LogP contribution in [0.15, 0.2) is 48.6 Å². The molecular weight excluding hydrogens is 928 g/mol. The highest BCUT2D eigenvalue weighted by molar-refractivity contribution is 7.45. The van der Waals surface area contributed by atoms with Gasteiger partial charge in [0.2, 0.25) is 5.91 Å². The van der Waals surface area contributed by atoms with Crippen molar-refractivity contribution in [3.8, 4) is 0 Å². The molecule has 3 N–H and O–H groups in total. The van der Waals surface area contributed by atoms with Gasteiger partial charge in [0.1, 0.15) is 19.3 Å². The van der Waals surface area contributed by atoms with Gasteiger partial charge in [0.25, 0.3) is 7.82 Å². The minimum atomic E-state index is -4.68. The standard InChI is InChI=1S/C63H121N2O7P/c1-6-8-10-12-14-16-18-20-21-22-23-24-25-26-27-28-29-30-31-32-33-34-35-36-37-38-39-40-41-42-43-44-46-48-50-52-54-56-62(67)64-60(59-72-73(69,70)71-58-57-65(3,4)5)63(68)61(66)55-53-51-49-47-45-19-17-15-13-11-9-7-2/h7,9,15,17,22-23,47,49,60-61,63,66,68H,6,8,10-14,16,18-21,24-46,48,50-59H2,1-5H3,(H-,64,67,69,70)/b9-7+,17-15+,23-22-,49-47+. The zero-order chi connectivity index (χ0) is 53.6. The zero-order valence-corrected chi connectivity index (χ0v) is 49.6. The van der Waals surface area contributed by atoms with E-state index >= 15 is 0 Å². The Kier molecular flexibility index (Phi) is 52.6. The van der Waals surface area contributed by atoms with Crippen LogP contribution in [0.5, 0.6) is 0 Å². The molecule has 0 aromatic carbocycles. The van der Waals surface area contributed by atoms with Crippen LogP contribution in [0.1, 0.15) is 290 Å². The molecule has 4 atom stereocenters. The lowest BCUT2D eigenvalue weighted by molar-refractivity contribution is -0.870. The average Bonchev–Trinajstić information content (AvgIpc) is 3.35. The van der Waals surface area contributed by atoms with Crippen LogP contribution in [0, 0.1) is 0 Å². The van der Waals surface area contributed by atoms with Crippen molar-refractivity contribution in [2.75, 3.05) is 40.9 Å². The summed E-state index contributed by atoms with van der Waals surface area (Å²) in [4.78, 5) is 25.5. The summed E-state index contributed by atoms with van der Waals surface area (Å²) in [6, 6.07) is -1.10. The smallest absolute Gasteiger partial charge is 0.268 e. The molecule has 4 unspecified atom stereocenters. The molecule has 0 radical (unpaired) electrons. The molecule has 73 heavy (non-hydrogen) atoms. The van der Waals surface area contributed by atoms with Gasteiger partial charge >= 0.3 is 0 Å². The summed E-state index contributed by atoms with van der Waals surface area (Å²) in [6.45, 7) is 4.22. The monoisotopic (exact) mass is 1050 g/mol. The number of carbonyl (C=O) groups excluding carboxylic acids is 1. The van der Waals surface area contributed by atoms with Crippen LogP contribution < -0.4 is 10.2 Å². The van der Waals surface area contributed by atoms with Crippen LogP contribution in [0.2, 0.25) is 0 Å². The van der Waals surface area contributed by atoms with Gasteiger partial charge < -0.3 is 34.0 Å². The maximum Gasteiger partial charge on any atom is 0.268 e. The second-order valence-corrected chi connectivity index (χ2v) is 23.9. The highest BCUT2D eigenvalue weighted by atomic mass is 31.2. The fraction of sp³-hybridized carbons (Fsp3) is 0.857. The topological polar surface area (TPSA) is 128 Å². The maximum absolute atomic E-state index is 13.0. The number of quaternary nitrogens is 1. The van der Waals surface area contributed by atoms with Crippen molar-refractivity contribution in [2.24, 2.45) is 0 Å². The van der Waals surface area contributed by atoms with Crippen LogP contribution >= 0.6 is 7.82 Å². The molecule has 9 nitrogen and oxygen atoms in total. The van der Waals surface area contributed by atoms with Crippen molar-refractivity contribution in [1.82, 2.24) is 5.32 Å². The minimum absolute atomic E-state index is 0.0497. The van der Waals surface area contributed by atoms with Gasteiger partial charge in [-0.3, -0.25) is 9.36 Å². The predicted molar refractivity (Wildman–Crippen MR) is 313 cm³/mol. The van der Waals surface area contributed by atoms with E-state index in [1.165, 1.54) is 199 Å². The highest BCUT2D eigenvalue weighted by Crippen LogP contribution is 2.38. The van der Waals surface area contributed by atoms with E-state index in [0.29, 0.717) is 30.3 Å². The molecule has 0 heterocycles. The molecule has 0 bridgehead atoms. The van der Waals surface area contributed by atoms with E-state index in [0.717, 1.165) is 51.4 Å². The van der Waals surface area contributed by atoms with Gasteiger partial charge in [-0.25, -0.2) is 0 Å². The van der Waals surface area contributed by atoms with Crippen LogP contribution in [0.4, 0.5) is 0 Å². The lowest BCUT2D eigenvalue weighted by Crippen LogP contribution is -2.51. The van der Waals surface area contributed by atoms with Gasteiger partial charge in [0, 0.05) is 6.42 Å². The number of hydrogen-bond acceptors (Lipinski definition) is 7. The largest absolute Gasteiger partial charge is 0.756 e. The Bertz CT molecular complexity index is 1350. The SMILES string of the molecule is C/C=C/CC/C=C/CC/C=C/CCCC(O)C(O)C(COP(=O)([O-])OCC[N+](C)(C)C)NC(=O)CCCCCCCCCCCCCCCCCCCCCCCCCCC/C=C\CCCCCCCCCC. The van der Waals surface area contributed by atoms with E-state index in [9.17, 15) is 24.5 Å². The van der Waals surface area contributed by atoms with Gasteiger partial charge in [-0.15, -0.1) is 0 Å². The minimum Gasteiger partial charge on any atom is -0.756 e. The first-order valence-electron chi connectivity index (χ1n) is 31.0. The van der Waals surface area contributed by atoms with Gasteiger partial charge in [0.05, 0.1) is 39.9 Å². The van der Waals surface area contributed by atoms with Crippen LogP contribution in [0.3, 0.4) is 0 Å². The third kappa shape index (κ3) is 55.0. The highest BCUT2D eigenvalue weighted by Gasteiger charge is 2.29. The summed E-state index contributed by atoms with van der Waals surface area (Å²) in [7, 11) is 1.10. The molecule has 0 saturated carbocycles. The Morgan fingerprint density at radius 2 is 0.849 bits per heavy atom. The summed E-state index contributed by atoms with van der Waals surface area (Å²) in [5.41, 5.74) is 0. The number of phosphoric ester groups is 1. The lowest BCUT2D eigenvalue weighted by atomic mass is 10.0. The Morgan fingerprint density at radius 3 is 1.23 bits per heavy atom. The number of hydrogen-bond donors (Lipinski definition) is 3. The number of nitrogens with one attached hydrogen (secondary N) is 1. The molecule has 1 amide bonds. The van der Waals surface area contributed by atoms with E-state index in [1.54, 1.807) is 0 Å². The molecule has 10 heteroatoms. The van der Waals surface area contributed by atoms with Gasteiger partial charge in [-0.1, -0.05) is 248 Å². The first kappa shape index (κ1) is 71.4. The molecule has 0 aromatic heterocycles. The van der Waals surface area contributed by atoms with E-state index in [-0.39, 0.29) is 18.9 Å². The van der Waals surface area contributed by atoms with E-state index in [4.69, 9.17) is 9.05 Å². The summed E-state index contributed by atoms with van der Waals surface area (Å²) >= 11 is 0. The van der Waals surface area contributed by atoms with Crippen LogP contribution in [0.25, 0.3) is 0 Å². The van der Waals surface area contributed by atoms with Crippen LogP contribution in [-0.2, 0) is 18.4 Å². The molecular formula is C63H121N2O7P. The Morgan fingerprint density at radius 1 is 0.507 bits per heavy atom. The number of nitrogens with zero attached hydrogens (tertiary/aromatic N) is 1. The van der Waals surface area contributed by atoms with E-state index in [1.807, 2.05) is 28.1 Å². The van der Waals surface area contributed by atoms with Crippen molar-refractivity contribution in [2.45, 2.75) is 308 Å². The Balaban J connectivity index is 3.96. The zero-order valence-electron chi connectivity index (χ0n) is 48.7. The number of amides is 1. The van der Waals surface area contributed by atoms with Crippen molar-refractivity contribution in [1.29, 1.82) is 0 Å². The second kappa shape index (κ2) is 53.8. The third-order valence-electron chi connectivity index (χ3n) is 14.2. The fourth-order valence-electron chi connectivity index (χ4n) is 9.29. The molecule has 430 valence electrons. The van der Waals surface area contributed by atoms with Crippen molar-refractivity contribution in [3.05, 3.63) is 48.6 Å². The summed E-state index contributed by atoms with van der Waals surface area (Å²) < 4.78 is 23.2. The van der Waals surface area contributed by atoms with Gasteiger partial charge in [-0.2, -0.15) is 0 Å². The molecule has 0 spiro atoms. The van der Waals surface area contributed by atoms with Crippen LogP contribution in [-0.4, -0.2) is 79.8 Å².